The molecule has 0 heterocycles. The number of rotatable bonds is 7. The zero-order valence-electron chi connectivity index (χ0n) is 11.8. The van der Waals surface area contributed by atoms with E-state index in [0.717, 1.165) is 12.8 Å². The average Bonchev–Trinajstić information content (AvgIpc) is 2.37. The normalized spacial score (nSPS) is 13.1. The predicted molar refractivity (Wildman–Crippen MR) is 75.3 cm³/mol. The standard InChI is InChI=1S/C15H23NO3/c1-4-12(16)9-11-5-7-13(8-6-11)19-10-15(2,3)14(17)18/h5-8,12H,4,9-10,16H2,1-3H3,(H,17,18). The molecule has 3 N–H and O–H groups in total. The summed E-state index contributed by atoms with van der Waals surface area (Å²) in [6.07, 6.45) is 1.79. The van der Waals surface area contributed by atoms with Gasteiger partial charge in [-0.15, -0.1) is 0 Å². The van der Waals surface area contributed by atoms with Gasteiger partial charge in [0, 0.05) is 6.04 Å². The summed E-state index contributed by atoms with van der Waals surface area (Å²) in [5.74, 6) is -0.179. The van der Waals surface area contributed by atoms with Crippen molar-refractivity contribution in [2.45, 2.75) is 39.7 Å². The van der Waals surface area contributed by atoms with E-state index in [1.54, 1.807) is 13.8 Å². The molecule has 0 aromatic heterocycles. The van der Waals surface area contributed by atoms with Crippen molar-refractivity contribution in [2.75, 3.05) is 6.61 Å². The second-order valence-corrected chi connectivity index (χ2v) is 5.49. The highest BCUT2D eigenvalue weighted by Gasteiger charge is 2.28. The van der Waals surface area contributed by atoms with Gasteiger partial charge in [-0.05, 0) is 44.4 Å². The Morgan fingerprint density at radius 3 is 2.42 bits per heavy atom. The van der Waals surface area contributed by atoms with Gasteiger partial charge in [0.2, 0.25) is 0 Å². The first kappa shape index (κ1) is 15.5. The third-order valence-electron chi connectivity index (χ3n) is 3.12. The lowest BCUT2D eigenvalue weighted by Crippen LogP contribution is -2.30. The van der Waals surface area contributed by atoms with E-state index < -0.39 is 11.4 Å². The molecule has 4 nitrogen and oxygen atoms in total. The summed E-state index contributed by atoms with van der Waals surface area (Å²) in [4.78, 5) is 11.0. The molecule has 0 bridgehead atoms. The van der Waals surface area contributed by atoms with Crippen LogP contribution in [0.1, 0.15) is 32.8 Å². The number of nitrogens with two attached hydrogens (primary N) is 1. The lowest BCUT2D eigenvalue weighted by molar-refractivity contribution is -0.148. The van der Waals surface area contributed by atoms with E-state index in [1.165, 1.54) is 5.56 Å². The summed E-state index contributed by atoms with van der Waals surface area (Å²) in [5.41, 5.74) is 6.18. The zero-order valence-corrected chi connectivity index (χ0v) is 11.8. The van der Waals surface area contributed by atoms with Crippen LogP contribution in [-0.4, -0.2) is 23.7 Å². The van der Waals surface area contributed by atoms with Crippen LogP contribution in [0.3, 0.4) is 0 Å². The van der Waals surface area contributed by atoms with Gasteiger partial charge in [0.1, 0.15) is 12.4 Å². The molecule has 0 amide bonds. The minimum absolute atomic E-state index is 0.149. The SMILES string of the molecule is CCC(N)Cc1ccc(OCC(C)(C)C(=O)O)cc1. The summed E-state index contributed by atoms with van der Waals surface area (Å²) < 4.78 is 5.51. The number of aliphatic carboxylic acids is 1. The molecule has 1 unspecified atom stereocenters. The van der Waals surface area contributed by atoms with Crippen LogP contribution in [0, 0.1) is 5.41 Å². The van der Waals surface area contributed by atoms with E-state index in [2.05, 4.69) is 6.92 Å². The molecule has 0 aliphatic carbocycles. The first-order valence-corrected chi connectivity index (χ1v) is 6.56. The van der Waals surface area contributed by atoms with Gasteiger partial charge in [0.25, 0.3) is 0 Å². The Labute approximate surface area is 114 Å². The molecule has 0 saturated heterocycles. The Hall–Kier alpha value is -1.55. The highest BCUT2D eigenvalue weighted by atomic mass is 16.5. The lowest BCUT2D eigenvalue weighted by atomic mass is 9.95. The molecule has 0 spiro atoms. The fourth-order valence-corrected chi connectivity index (χ4v) is 1.49. The van der Waals surface area contributed by atoms with Crippen molar-refractivity contribution in [3.63, 3.8) is 0 Å². The van der Waals surface area contributed by atoms with Gasteiger partial charge in [-0.1, -0.05) is 19.1 Å². The molecule has 1 aromatic rings. The molecule has 4 heteroatoms. The first-order chi connectivity index (χ1) is 8.85. The number of benzene rings is 1. The van der Waals surface area contributed by atoms with Crippen molar-refractivity contribution in [1.29, 1.82) is 0 Å². The molecule has 19 heavy (non-hydrogen) atoms. The van der Waals surface area contributed by atoms with Crippen LogP contribution in [0.4, 0.5) is 0 Å². The van der Waals surface area contributed by atoms with Crippen LogP contribution >= 0.6 is 0 Å². The molecule has 106 valence electrons. The first-order valence-electron chi connectivity index (χ1n) is 6.56. The van der Waals surface area contributed by atoms with Gasteiger partial charge in [-0.2, -0.15) is 0 Å². The summed E-state index contributed by atoms with van der Waals surface area (Å²) in [7, 11) is 0. The topological polar surface area (TPSA) is 72.5 Å². The van der Waals surface area contributed by atoms with Crippen LogP contribution in [0.25, 0.3) is 0 Å². The largest absolute Gasteiger partial charge is 0.492 e. The van der Waals surface area contributed by atoms with Gasteiger partial charge < -0.3 is 15.6 Å². The van der Waals surface area contributed by atoms with Crippen molar-refractivity contribution in [3.05, 3.63) is 29.8 Å². The zero-order chi connectivity index (χ0) is 14.5. The van der Waals surface area contributed by atoms with Crippen molar-refractivity contribution < 1.29 is 14.6 Å². The maximum Gasteiger partial charge on any atom is 0.312 e. The Morgan fingerprint density at radius 2 is 1.95 bits per heavy atom. The summed E-state index contributed by atoms with van der Waals surface area (Å²) >= 11 is 0. The Morgan fingerprint density at radius 1 is 1.37 bits per heavy atom. The minimum Gasteiger partial charge on any atom is -0.492 e. The molecule has 0 aliphatic heterocycles. The van der Waals surface area contributed by atoms with Crippen molar-refractivity contribution >= 4 is 5.97 Å². The van der Waals surface area contributed by atoms with Gasteiger partial charge in [-0.25, -0.2) is 0 Å². The summed E-state index contributed by atoms with van der Waals surface area (Å²) in [6.45, 7) is 5.50. The number of ether oxygens (including phenoxy) is 1. The number of carboxylic acids is 1. The monoisotopic (exact) mass is 265 g/mol. The average molecular weight is 265 g/mol. The van der Waals surface area contributed by atoms with E-state index in [9.17, 15) is 4.79 Å². The second kappa shape index (κ2) is 6.57. The number of carbonyl (C=O) groups is 1. The molecule has 0 radical (unpaired) electrons. The van der Waals surface area contributed by atoms with Crippen LogP contribution in [0.15, 0.2) is 24.3 Å². The van der Waals surface area contributed by atoms with Gasteiger partial charge >= 0.3 is 5.97 Å². The van der Waals surface area contributed by atoms with Crippen LogP contribution in [0.2, 0.25) is 0 Å². The van der Waals surface area contributed by atoms with Gasteiger partial charge in [-0.3, -0.25) is 4.79 Å². The number of carboxylic acid groups (broad SMARTS) is 1. The maximum absolute atomic E-state index is 11.0. The number of hydrogen-bond acceptors (Lipinski definition) is 3. The Kier molecular flexibility index (Phi) is 5.36. The van der Waals surface area contributed by atoms with Crippen molar-refractivity contribution in [2.24, 2.45) is 11.1 Å². The third kappa shape index (κ3) is 4.91. The van der Waals surface area contributed by atoms with Crippen LogP contribution in [-0.2, 0) is 11.2 Å². The highest BCUT2D eigenvalue weighted by molar-refractivity contribution is 5.73. The maximum atomic E-state index is 11.0. The molecular formula is C15H23NO3. The Balaban J connectivity index is 2.55. The molecule has 1 aromatic carbocycles. The smallest absolute Gasteiger partial charge is 0.312 e. The second-order valence-electron chi connectivity index (χ2n) is 5.49. The molecule has 0 aliphatic rings. The molecule has 0 saturated carbocycles. The summed E-state index contributed by atoms with van der Waals surface area (Å²) in [5, 5.41) is 9.00. The lowest BCUT2D eigenvalue weighted by Gasteiger charge is -2.19. The van der Waals surface area contributed by atoms with Crippen molar-refractivity contribution in [1.82, 2.24) is 0 Å². The van der Waals surface area contributed by atoms with E-state index in [4.69, 9.17) is 15.6 Å². The van der Waals surface area contributed by atoms with Gasteiger partial charge in [0.05, 0.1) is 5.41 Å². The molecular weight excluding hydrogens is 242 g/mol. The number of hydrogen-bond donors (Lipinski definition) is 2. The molecule has 0 fully saturated rings. The fourth-order valence-electron chi connectivity index (χ4n) is 1.49. The minimum atomic E-state index is -0.886. The van der Waals surface area contributed by atoms with E-state index in [-0.39, 0.29) is 12.6 Å². The van der Waals surface area contributed by atoms with Gasteiger partial charge in [0.15, 0.2) is 0 Å². The summed E-state index contributed by atoms with van der Waals surface area (Å²) in [6, 6.07) is 7.83. The van der Waals surface area contributed by atoms with Crippen LogP contribution in [0.5, 0.6) is 5.75 Å². The van der Waals surface area contributed by atoms with E-state index in [0.29, 0.717) is 5.75 Å². The molecule has 1 atom stereocenters. The fraction of sp³-hybridized carbons (Fsp3) is 0.533. The third-order valence-corrected chi connectivity index (χ3v) is 3.12. The van der Waals surface area contributed by atoms with E-state index in [1.807, 2.05) is 24.3 Å². The highest BCUT2D eigenvalue weighted by Crippen LogP contribution is 2.19. The Bertz CT molecular complexity index is 412. The van der Waals surface area contributed by atoms with Crippen molar-refractivity contribution in [3.8, 4) is 5.75 Å². The van der Waals surface area contributed by atoms with E-state index >= 15 is 0 Å². The predicted octanol–water partition coefficient (Wildman–Crippen LogP) is 2.46. The molecule has 1 rings (SSSR count). The quantitative estimate of drug-likeness (QED) is 0.794. The van der Waals surface area contributed by atoms with Crippen LogP contribution < -0.4 is 10.5 Å².